The van der Waals surface area contributed by atoms with E-state index in [0.717, 1.165) is 6.42 Å². The van der Waals surface area contributed by atoms with Gasteiger partial charge in [0.05, 0.1) is 17.8 Å². The lowest BCUT2D eigenvalue weighted by atomic mass is 9.56. The summed E-state index contributed by atoms with van der Waals surface area (Å²) in [4.78, 5) is 13.3. The summed E-state index contributed by atoms with van der Waals surface area (Å²) in [5.74, 6) is 1.93. The number of hydrogen-bond donors (Lipinski definition) is 1. The summed E-state index contributed by atoms with van der Waals surface area (Å²) in [6.45, 7) is 11.5. The zero-order valence-corrected chi connectivity index (χ0v) is 22.3. The first-order valence-electron chi connectivity index (χ1n) is 13.0. The Labute approximate surface area is 208 Å². The molecule has 4 aliphatic rings. The lowest BCUT2D eigenvalue weighted by Crippen LogP contribution is -2.52. The Morgan fingerprint density at radius 1 is 1.15 bits per heavy atom. The number of hydrogen-bond acceptors (Lipinski definition) is 4. The van der Waals surface area contributed by atoms with Crippen molar-refractivity contribution in [2.45, 2.75) is 101 Å². The Hall–Kier alpha value is -1.11. The van der Waals surface area contributed by atoms with Crippen molar-refractivity contribution < 1.29 is 18.7 Å². The Morgan fingerprint density at radius 2 is 1.91 bits per heavy atom. The molecule has 1 N–H and O–H groups in total. The van der Waals surface area contributed by atoms with Crippen LogP contribution in [-0.4, -0.2) is 35.6 Å². The molecule has 2 heterocycles. The third-order valence-electron chi connectivity index (χ3n) is 9.76. The van der Waals surface area contributed by atoms with E-state index in [2.05, 4.69) is 39.9 Å². The maximum absolute atomic E-state index is 14.1. The molecule has 6 heteroatoms. The standard InChI is InChI=1S/C28H40FNO3S/c1-16-7-9-20-17(2)22(10-12-24(31)30-18-8-11-23(34-6)21(29)15-18)32-27(5)25-28(20,27)19(16)13-14-26(3,4)33-25/h8,11,15-17,19-20,22,25H,7,9-10,12-14H2,1-6H3,(H,30,31). The predicted octanol–water partition coefficient (Wildman–Crippen LogP) is 6.68. The van der Waals surface area contributed by atoms with Crippen molar-refractivity contribution in [3.8, 4) is 0 Å². The molecule has 0 radical (unpaired) electrons. The number of fused-ring (bicyclic) bond motifs is 1. The minimum atomic E-state index is -0.302. The molecule has 1 spiro atoms. The van der Waals surface area contributed by atoms with Gasteiger partial charge in [0.25, 0.3) is 0 Å². The lowest BCUT2D eigenvalue weighted by Gasteiger charge is -2.52. The number of nitrogens with one attached hydrogen (secondary N) is 1. The molecule has 5 rings (SSSR count). The third kappa shape index (κ3) is 3.66. The number of benzene rings is 1. The van der Waals surface area contributed by atoms with E-state index >= 15 is 0 Å². The van der Waals surface area contributed by atoms with Gasteiger partial charge in [0.1, 0.15) is 11.4 Å². The van der Waals surface area contributed by atoms with Crippen molar-refractivity contribution in [2.75, 3.05) is 11.6 Å². The summed E-state index contributed by atoms with van der Waals surface area (Å²) in [6.07, 6.45) is 7.89. The Kier molecular flexibility index (Phi) is 6.13. The summed E-state index contributed by atoms with van der Waals surface area (Å²) in [7, 11) is 0. The van der Waals surface area contributed by atoms with E-state index in [1.54, 1.807) is 12.1 Å². The summed E-state index contributed by atoms with van der Waals surface area (Å²) < 4.78 is 27.8. The summed E-state index contributed by atoms with van der Waals surface area (Å²) in [6, 6.07) is 4.87. The highest BCUT2D eigenvalue weighted by Gasteiger charge is 2.86. The van der Waals surface area contributed by atoms with Crippen LogP contribution in [0.15, 0.2) is 23.1 Å². The second-order valence-electron chi connectivity index (χ2n) is 12.1. The third-order valence-corrected chi connectivity index (χ3v) is 10.5. The fraction of sp³-hybridized carbons (Fsp3) is 0.750. The number of ether oxygens (including phenoxy) is 2. The van der Waals surface area contributed by atoms with Crippen LogP contribution in [0.25, 0.3) is 0 Å². The van der Waals surface area contributed by atoms with E-state index in [1.807, 2.05) is 6.26 Å². The monoisotopic (exact) mass is 489 g/mol. The molecule has 188 valence electrons. The fourth-order valence-electron chi connectivity index (χ4n) is 8.08. The van der Waals surface area contributed by atoms with Gasteiger partial charge >= 0.3 is 0 Å². The van der Waals surface area contributed by atoms with Crippen molar-refractivity contribution in [1.82, 2.24) is 0 Å². The number of amides is 1. The van der Waals surface area contributed by atoms with Crippen LogP contribution in [0, 0.1) is 34.9 Å². The van der Waals surface area contributed by atoms with Gasteiger partial charge in [0.15, 0.2) is 0 Å². The summed E-state index contributed by atoms with van der Waals surface area (Å²) >= 11 is 1.36. The Morgan fingerprint density at radius 3 is 2.62 bits per heavy atom. The first-order valence-corrected chi connectivity index (χ1v) is 14.2. The van der Waals surface area contributed by atoms with Crippen molar-refractivity contribution in [3.05, 3.63) is 24.0 Å². The molecule has 2 saturated carbocycles. The van der Waals surface area contributed by atoms with Gasteiger partial charge in [0, 0.05) is 22.4 Å². The second-order valence-corrected chi connectivity index (χ2v) is 12.9. The van der Waals surface area contributed by atoms with Crippen LogP contribution in [0.3, 0.4) is 0 Å². The zero-order chi connectivity index (χ0) is 24.5. The van der Waals surface area contributed by atoms with E-state index in [1.165, 1.54) is 37.1 Å². The van der Waals surface area contributed by atoms with Gasteiger partial charge in [-0.05, 0) is 94.6 Å². The topological polar surface area (TPSA) is 47.6 Å². The SMILES string of the molecule is CSc1ccc(NC(=O)CCC2OC3(C)C4OC(C)(C)CCC5C(C)CCC(C2C)C543)cc1F. The van der Waals surface area contributed by atoms with E-state index < -0.39 is 0 Å². The molecule has 2 aliphatic carbocycles. The molecule has 1 amide bonds. The highest BCUT2D eigenvalue weighted by molar-refractivity contribution is 7.98. The number of thioether (sulfide) groups is 1. The number of halogens is 1. The second kappa shape index (κ2) is 8.48. The predicted molar refractivity (Wildman–Crippen MR) is 134 cm³/mol. The molecule has 0 bridgehead atoms. The zero-order valence-electron chi connectivity index (χ0n) is 21.4. The molecular formula is C28H40FNO3S. The molecule has 2 aliphatic heterocycles. The maximum Gasteiger partial charge on any atom is 0.224 e. The van der Waals surface area contributed by atoms with Crippen molar-refractivity contribution in [3.63, 3.8) is 0 Å². The fourth-order valence-corrected chi connectivity index (χ4v) is 8.54. The number of anilines is 1. The average molecular weight is 490 g/mol. The van der Waals surface area contributed by atoms with Crippen LogP contribution in [0.4, 0.5) is 10.1 Å². The van der Waals surface area contributed by atoms with Crippen molar-refractivity contribution in [2.24, 2.45) is 29.1 Å². The van der Waals surface area contributed by atoms with Crippen LogP contribution in [0.5, 0.6) is 0 Å². The molecule has 1 aromatic rings. The molecule has 2 saturated heterocycles. The number of rotatable bonds is 5. The van der Waals surface area contributed by atoms with Crippen molar-refractivity contribution >= 4 is 23.4 Å². The first kappa shape index (κ1) is 24.6. The molecular weight excluding hydrogens is 449 g/mol. The quantitative estimate of drug-likeness (QED) is 0.469. The van der Waals surface area contributed by atoms with E-state index in [-0.39, 0.29) is 40.5 Å². The number of carbonyl (C=O) groups excluding carboxylic acids is 1. The molecule has 1 aromatic carbocycles. The van der Waals surface area contributed by atoms with Gasteiger partial charge in [-0.2, -0.15) is 0 Å². The van der Waals surface area contributed by atoms with Gasteiger partial charge < -0.3 is 14.8 Å². The number of carbonyl (C=O) groups is 1. The minimum Gasteiger partial charge on any atom is -0.369 e. The molecule has 4 fully saturated rings. The highest BCUT2D eigenvalue weighted by Crippen LogP contribution is 2.78. The van der Waals surface area contributed by atoms with Gasteiger partial charge in [-0.15, -0.1) is 11.8 Å². The van der Waals surface area contributed by atoms with Gasteiger partial charge in [0.2, 0.25) is 5.91 Å². The normalized spacial score (nSPS) is 42.2. The smallest absolute Gasteiger partial charge is 0.224 e. The highest BCUT2D eigenvalue weighted by atomic mass is 32.2. The van der Waals surface area contributed by atoms with Crippen molar-refractivity contribution in [1.29, 1.82) is 0 Å². The molecule has 4 nitrogen and oxygen atoms in total. The van der Waals surface area contributed by atoms with Crippen LogP contribution in [0.1, 0.15) is 73.1 Å². The Bertz CT molecular complexity index is 969. The summed E-state index contributed by atoms with van der Waals surface area (Å²) in [5.41, 5.74) is 0.240. The molecule has 8 unspecified atom stereocenters. The average Bonchev–Trinajstić information content (AvgIpc) is 3.31. The van der Waals surface area contributed by atoms with Crippen LogP contribution >= 0.6 is 11.8 Å². The summed E-state index contributed by atoms with van der Waals surface area (Å²) in [5, 5.41) is 2.87. The Balaban J connectivity index is 1.30. The van der Waals surface area contributed by atoms with Gasteiger partial charge in [-0.25, -0.2) is 4.39 Å². The van der Waals surface area contributed by atoms with Gasteiger partial charge in [-0.1, -0.05) is 20.3 Å². The molecule has 34 heavy (non-hydrogen) atoms. The van der Waals surface area contributed by atoms with E-state index in [4.69, 9.17) is 9.47 Å². The lowest BCUT2D eigenvalue weighted by molar-refractivity contribution is -0.175. The largest absolute Gasteiger partial charge is 0.369 e. The van der Waals surface area contributed by atoms with E-state index in [0.29, 0.717) is 47.1 Å². The van der Waals surface area contributed by atoms with Crippen LogP contribution in [0.2, 0.25) is 0 Å². The van der Waals surface area contributed by atoms with Gasteiger partial charge in [-0.3, -0.25) is 4.79 Å². The molecule has 8 atom stereocenters. The minimum absolute atomic E-state index is 0.0367. The molecule has 0 aromatic heterocycles. The van der Waals surface area contributed by atoms with Crippen LogP contribution < -0.4 is 5.32 Å². The first-order chi connectivity index (χ1) is 16.0. The van der Waals surface area contributed by atoms with Crippen LogP contribution in [-0.2, 0) is 14.3 Å². The van der Waals surface area contributed by atoms with E-state index in [9.17, 15) is 9.18 Å². The maximum atomic E-state index is 14.1.